The van der Waals surface area contributed by atoms with Gasteiger partial charge in [-0.05, 0) is 32.4 Å². The molecule has 0 aliphatic carbocycles. The Hall–Kier alpha value is -1.46. The van der Waals surface area contributed by atoms with Gasteiger partial charge in [-0.3, -0.25) is 14.7 Å². The molecule has 2 rings (SSSR count). The van der Waals surface area contributed by atoms with Gasteiger partial charge in [-0.15, -0.1) is 0 Å². The minimum Gasteiger partial charge on any atom is -0.466 e. The van der Waals surface area contributed by atoms with Crippen LogP contribution in [0.4, 0.5) is 0 Å². The molecule has 0 aromatic carbocycles. The Morgan fingerprint density at radius 2 is 2.50 bits per heavy atom. The molecule has 1 aliphatic heterocycles. The Kier molecular flexibility index (Phi) is 5.49. The summed E-state index contributed by atoms with van der Waals surface area (Å²) < 4.78 is 5.08. The predicted octanol–water partition coefficient (Wildman–Crippen LogP) is 1.39. The van der Waals surface area contributed by atoms with E-state index in [2.05, 4.69) is 9.88 Å². The number of esters is 1. The van der Waals surface area contributed by atoms with Crippen LogP contribution in [0, 0.1) is 5.92 Å². The summed E-state index contributed by atoms with van der Waals surface area (Å²) in [4.78, 5) is 17.9. The minimum absolute atomic E-state index is 0.0650. The number of hydrogen-bond donors (Lipinski definition) is 1. The molecule has 2 unspecified atom stereocenters. The third-order valence-electron chi connectivity index (χ3n) is 3.63. The average Bonchev–Trinajstić information content (AvgIpc) is 2.48. The summed E-state index contributed by atoms with van der Waals surface area (Å²) in [6.07, 6.45) is 4.64. The zero-order valence-corrected chi connectivity index (χ0v) is 11.9. The number of pyridine rings is 1. The van der Waals surface area contributed by atoms with Crippen molar-refractivity contribution >= 4 is 5.97 Å². The van der Waals surface area contributed by atoms with E-state index in [4.69, 9.17) is 4.74 Å². The van der Waals surface area contributed by atoms with E-state index in [1.54, 1.807) is 12.4 Å². The summed E-state index contributed by atoms with van der Waals surface area (Å²) in [6.45, 7) is 4.35. The van der Waals surface area contributed by atoms with E-state index in [1.807, 2.05) is 19.1 Å². The number of carbonyl (C=O) groups is 1. The molecule has 0 bridgehead atoms. The second-order valence-electron chi connectivity index (χ2n) is 5.15. The molecule has 1 aromatic heterocycles. The van der Waals surface area contributed by atoms with Crippen LogP contribution in [0.3, 0.4) is 0 Å². The van der Waals surface area contributed by atoms with Crippen LogP contribution in [-0.4, -0.2) is 47.2 Å². The highest BCUT2D eigenvalue weighted by atomic mass is 16.5. The van der Waals surface area contributed by atoms with Gasteiger partial charge in [-0.25, -0.2) is 0 Å². The second kappa shape index (κ2) is 7.36. The van der Waals surface area contributed by atoms with E-state index >= 15 is 0 Å². The second-order valence-corrected chi connectivity index (χ2v) is 5.15. The summed E-state index contributed by atoms with van der Waals surface area (Å²) in [5, 5.41) is 10.2. The number of piperidine rings is 1. The highest BCUT2D eigenvalue weighted by Gasteiger charge is 2.27. The molecular formula is C15H22N2O3. The largest absolute Gasteiger partial charge is 0.466 e. The van der Waals surface area contributed by atoms with Crippen LogP contribution in [0.1, 0.15) is 31.4 Å². The molecule has 2 heterocycles. The summed E-state index contributed by atoms with van der Waals surface area (Å²) in [5.41, 5.74) is 0.811. The van der Waals surface area contributed by atoms with Crippen LogP contribution in [-0.2, 0) is 9.53 Å². The summed E-state index contributed by atoms with van der Waals surface area (Å²) in [7, 11) is 0. The van der Waals surface area contributed by atoms with E-state index in [0.29, 0.717) is 19.7 Å². The molecule has 1 fully saturated rings. The predicted molar refractivity (Wildman–Crippen MR) is 75.0 cm³/mol. The Labute approximate surface area is 119 Å². The molecule has 1 N–H and O–H groups in total. The van der Waals surface area contributed by atoms with Crippen LogP contribution in [0.25, 0.3) is 0 Å². The van der Waals surface area contributed by atoms with Crippen molar-refractivity contribution in [1.29, 1.82) is 0 Å². The number of aromatic nitrogens is 1. The van der Waals surface area contributed by atoms with Crippen molar-refractivity contribution in [1.82, 2.24) is 9.88 Å². The summed E-state index contributed by atoms with van der Waals surface area (Å²) >= 11 is 0. The number of aliphatic hydroxyl groups excluding tert-OH is 1. The van der Waals surface area contributed by atoms with Gasteiger partial charge in [0.05, 0.1) is 18.6 Å². The number of rotatable bonds is 5. The molecule has 5 heteroatoms. The number of aliphatic hydroxyl groups is 1. The monoisotopic (exact) mass is 278 g/mol. The number of ether oxygens (including phenoxy) is 1. The van der Waals surface area contributed by atoms with Crippen molar-refractivity contribution in [3.05, 3.63) is 30.1 Å². The van der Waals surface area contributed by atoms with Crippen LogP contribution >= 0.6 is 0 Å². The molecule has 2 atom stereocenters. The van der Waals surface area contributed by atoms with Crippen molar-refractivity contribution in [3.8, 4) is 0 Å². The highest BCUT2D eigenvalue weighted by Crippen LogP contribution is 2.21. The van der Waals surface area contributed by atoms with Crippen LogP contribution < -0.4 is 0 Å². The molecule has 1 aromatic rings. The lowest BCUT2D eigenvalue weighted by Crippen LogP contribution is -2.41. The Morgan fingerprint density at radius 3 is 3.20 bits per heavy atom. The van der Waals surface area contributed by atoms with E-state index in [0.717, 1.165) is 24.9 Å². The van der Waals surface area contributed by atoms with Gasteiger partial charge in [0.15, 0.2) is 0 Å². The van der Waals surface area contributed by atoms with E-state index in [-0.39, 0.29) is 11.9 Å². The third-order valence-corrected chi connectivity index (χ3v) is 3.63. The smallest absolute Gasteiger partial charge is 0.310 e. The molecule has 0 amide bonds. The molecule has 1 aliphatic rings. The van der Waals surface area contributed by atoms with Crippen molar-refractivity contribution in [3.63, 3.8) is 0 Å². The standard InChI is InChI=1S/C15H22N2O3/c1-2-20-15(19)13-6-4-8-17(10-13)11-14(18)12-5-3-7-16-9-12/h3,5,7,9,13-14,18H,2,4,6,8,10-11H2,1H3. The quantitative estimate of drug-likeness (QED) is 0.825. The van der Waals surface area contributed by atoms with Crippen LogP contribution in [0.5, 0.6) is 0 Å². The summed E-state index contributed by atoms with van der Waals surface area (Å²) in [6, 6.07) is 3.68. The maximum absolute atomic E-state index is 11.8. The van der Waals surface area contributed by atoms with E-state index < -0.39 is 6.10 Å². The lowest BCUT2D eigenvalue weighted by molar-refractivity contribution is -0.150. The zero-order valence-electron chi connectivity index (χ0n) is 11.9. The molecule has 0 radical (unpaired) electrons. The normalized spacial score (nSPS) is 21.4. The Balaban J connectivity index is 1.88. The number of hydrogen-bond acceptors (Lipinski definition) is 5. The van der Waals surface area contributed by atoms with Crippen molar-refractivity contribution in [2.45, 2.75) is 25.9 Å². The first-order valence-electron chi connectivity index (χ1n) is 7.17. The Bertz CT molecular complexity index is 424. The fourth-order valence-electron chi connectivity index (χ4n) is 2.60. The molecule has 110 valence electrons. The van der Waals surface area contributed by atoms with E-state index in [9.17, 15) is 9.90 Å². The van der Waals surface area contributed by atoms with Crippen molar-refractivity contribution in [2.75, 3.05) is 26.2 Å². The first-order valence-corrected chi connectivity index (χ1v) is 7.17. The number of β-amino-alcohol motifs (C(OH)–C–C–N with tert-alkyl or cyclic N) is 1. The lowest BCUT2D eigenvalue weighted by Gasteiger charge is -2.32. The lowest BCUT2D eigenvalue weighted by atomic mass is 9.97. The van der Waals surface area contributed by atoms with Gasteiger partial charge in [-0.1, -0.05) is 6.07 Å². The van der Waals surface area contributed by atoms with Gasteiger partial charge in [-0.2, -0.15) is 0 Å². The molecule has 0 spiro atoms. The van der Waals surface area contributed by atoms with Gasteiger partial charge >= 0.3 is 5.97 Å². The van der Waals surface area contributed by atoms with Gasteiger partial charge in [0.2, 0.25) is 0 Å². The molecular weight excluding hydrogens is 256 g/mol. The maximum atomic E-state index is 11.8. The van der Waals surface area contributed by atoms with Gasteiger partial charge in [0, 0.05) is 31.0 Å². The van der Waals surface area contributed by atoms with Gasteiger partial charge in [0.1, 0.15) is 0 Å². The number of likely N-dealkylation sites (tertiary alicyclic amines) is 1. The topological polar surface area (TPSA) is 62.7 Å². The van der Waals surface area contributed by atoms with E-state index in [1.165, 1.54) is 0 Å². The third kappa shape index (κ3) is 4.02. The number of carbonyl (C=O) groups excluding carboxylic acids is 1. The zero-order chi connectivity index (χ0) is 14.4. The van der Waals surface area contributed by atoms with Crippen LogP contribution in [0.15, 0.2) is 24.5 Å². The molecule has 1 saturated heterocycles. The maximum Gasteiger partial charge on any atom is 0.310 e. The van der Waals surface area contributed by atoms with Gasteiger partial charge in [0.25, 0.3) is 0 Å². The van der Waals surface area contributed by atoms with Gasteiger partial charge < -0.3 is 9.84 Å². The summed E-state index contributed by atoms with van der Waals surface area (Å²) in [5.74, 6) is -0.183. The number of nitrogens with zero attached hydrogens (tertiary/aromatic N) is 2. The van der Waals surface area contributed by atoms with Crippen LogP contribution in [0.2, 0.25) is 0 Å². The van der Waals surface area contributed by atoms with Crippen molar-refractivity contribution < 1.29 is 14.6 Å². The fourth-order valence-corrected chi connectivity index (χ4v) is 2.60. The highest BCUT2D eigenvalue weighted by molar-refractivity contribution is 5.72. The Morgan fingerprint density at radius 1 is 1.65 bits per heavy atom. The molecule has 20 heavy (non-hydrogen) atoms. The SMILES string of the molecule is CCOC(=O)C1CCCN(CC(O)c2cccnc2)C1. The minimum atomic E-state index is -0.565. The fraction of sp³-hybridized carbons (Fsp3) is 0.600. The molecule has 5 nitrogen and oxygen atoms in total. The molecule has 0 saturated carbocycles. The first-order chi connectivity index (χ1) is 9.70. The first kappa shape index (κ1) is 14.9. The average molecular weight is 278 g/mol. The van der Waals surface area contributed by atoms with Crippen molar-refractivity contribution in [2.24, 2.45) is 5.92 Å².